The average molecular weight is 275 g/mol. The summed E-state index contributed by atoms with van der Waals surface area (Å²) >= 11 is 0. The molecule has 1 N–H and O–H groups in total. The largest absolute Gasteiger partial charge is 0.481 e. The van der Waals surface area contributed by atoms with Crippen molar-refractivity contribution in [3.63, 3.8) is 0 Å². The maximum Gasteiger partial charge on any atom is 0.296 e. The van der Waals surface area contributed by atoms with Gasteiger partial charge in [0.25, 0.3) is 5.69 Å². The third kappa shape index (κ3) is 2.94. The number of nitro benzene ring substituents is 1. The van der Waals surface area contributed by atoms with Gasteiger partial charge in [0, 0.05) is 19.3 Å². The van der Waals surface area contributed by atoms with Gasteiger partial charge in [-0.2, -0.15) is 0 Å². The van der Waals surface area contributed by atoms with Crippen LogP contribution in [0.3, 0.4) is 0 Å². The maximum absolute atomic E-state index is 11.0. The minimum absolute atomic E-state index is 0.0500. The van der Waals surface area contributed by atoms with Gasteiger partial charge in [0.2, 0.25) is 5.88 Å². The summed E-state index contributed by atoms with van der Waals surface area (Å²) in [6.45, 7) is 0. The average Bonchev–Trinajstić information content (AvgIpc) is 2.47. The lowest BCUT2D eigenvalue weighted by Crippen LogP contribution is -1.97. The van der Waals surface area contributed by atoms with E-state index in [-0.39, 0.29) is 5.69 Å². The monoisotopic (exact) mass is 275 g/mol. The minimum Gasteiger partial charge on any atom is -0.481 e. The first-order valence-electron chi connectivity index (χ1n) is 5.78. The Morgan fingerprint density at radius 3 is 2.65 bits per heavy atom. The summed E-state index contributed by atoms with van der Waals surface area (Å²) in [7, 11) is 3.12. The lowest BCUT2D eigenvalue weighted by molar-refractivity contribution is -0.384. The van der Waals surface area contributed by atoms with Crippen molar-refractivity contribution in [2.45, 2.75) is 0 Å². The van der Waals surface area contributed by atoms with Crippen LogP contribution < -0.4 is 14.8 Å². The van der Waals surface area contributed by atoms with Crippen LogP contribution in [0.4, 0.5) is 11.4 Å². The molecule has 1 aromatic heterocycles. The zero-order valence-electron chi connectivity index (χ0n) is 11.0. The van der Waals surface area contributed by atoms with Crippen LogP contribution in [0.1, 0.15) is 0 Å². The zero-order chi connectivity index (χ0) is 14.5. The Morgan fingerprint density at radius 2 is 2.00 bits per heavy atom. The van der Waals surface area contributed by atoms with Crippen molar-refractivity contribution in [3.8, 4) is 17.4 Å². The van der Waals surface area contributed by atoms with E-state index in [9.17, 15) is 10.1 Å². The SMILES string of the molecule is CNc1ccc(Oc2ccnc(OC)c2)cc1[N+](=O)[O-]. The van der Waals surface area contributed by atoms with Crippen molar-refractivity contribution in [2.75, 3.05) is 19.5 Å². The van der Waals surface area contributed by atoms with E-state index < -0.39 is 4.92 Å². The molecule has 0 spiro atoms. The number of hydrogen-bond donors (Lipinski definition) is 1. The lowest BCUT2D eigenvalue weighted by atomic mass is 10.2. The molecule has 0 unspecified atom stereocenters. The van der Waals surface area contributed by atoms with Gasteiger partial charge in [0.15, 0.2) is 0 Å². The fourth-order valence-electron chi connectivity index (χ4n) is 1.64. The number of benzene rings is 1. The molecule has 0 bridgehead atoms. The number of nitrogens with zero attached hydrogens (tertiary/aromatic N) is 2. The van der Waals surface area contributed by atoms with Crippen molar-refractivity contribution < 1.29 is 14.4 Å². The smallest absolute Gasteiger partial charge is 0.296 e. The molecule has 2 aromatic rings. The Kier molecular flexibility index (Phi) is 3.99. The molecule has 7 heteroatoms. The van der Waals surface area contributed by atoms with Crippen LogP contribution in [0.25, 0.3) is 0 Å². The number of ether oxygens (including phenoxy) is 2. The summed E-state index contributed by atoms with van der Waals surface area (Å²) in [5, 5.41) is 13.7. The molecule has 0 amide bonds. The van der Waals surface area contributed by atoms with Crippen LogP contribution in [0.2, 0.25) is 0 Å². The van der Waals surface area contributed by atoms with Crippen LogP contribution in [0.15, 0.2) is 36.5 Å². The minimum atomic E-state index is -0.466. The van der Waals surface area contributed by atoms with Gasteiger partial charge < -0.3 is 14.8 Å². The summed E-state index contributed by atoms with van der Waals surface area (Å²) in [5.74, 6) is 1.26. The number of aromatic nitrogens is 1. The number of rotatable bonds is 5. The fraction of sp³-hybridized carbons (Fsp3) is 0.154. The second-order valence-electron chi connectivity index (χ2n) is 3.82. The molecule has 20 heavy (non-hydrogen) atoms. The molecule has 0 aliphatic heterocycles. The van der Waals surface area contributed by atoms with Crippen LogP contribution in [0.5, 0.6) is 17.4 Å². The Bertz CT molecular complexity index is 631. The normalized spacial score (nSPS) is 9.90. The molecule has 0 radical (unpaired) electrons. The summed E-state index contributed by atoms with van der Waals surface area (Å²) in [6.07, 6.45) is 1.53. The molecule has 0 aliphatic rings. The quantitative estimate of drug-likeness (QED) is 0.667. The first-order chi connectivity index (χ1) is 9.63. The van der Waals surface area contributed by atoms with E-state index in [1.807, 2.05) is 0 Å². The van der Waals surface area contributed by atoms with E-state index in [1.165, 1.54) is 19.4 Å². The Morgan fingerprint density at radius 1 is 1.25 bits per heavy atom. The summed E-state index contributed by atoms with van der Waals surface area (Å²) in [6, 6.07) is 7.83. The highest BCUT2D eigenvalue weighted by atomic mass is 16.6. The van der Waals surface area contributed by atoms with E-state index in [1.54, 1.807) is 31.3 Å². The van der Waals surface area contributed by atoms with E-state index in [0.29, 0.717) is 23.1 Å². The Labute approximate surface area is 115 Å². The fourth-order valence-corrected chi connectivity index (χ4v) is 1.64. The molecule has 1 heterocycles. The van der Waals surface area contributed by atoms with Crippen molar-refractivity contribution in [3.05, 3.63) is 46.6 Å². The van der Waals surface area contributed by atoms with E-state index >= 15 is 0 Å². The summed E-state index contributed by atoms with van der Waals surface area (Å²) < 4.78 is 10.5. The van der Waals surface area contributed by atoms with Crippen LogP contribution in [-0.2, 0) is 0 Å². The number of methoxy groups -OCH3 is 1. The van der Waals surface area contributed by atoms with Gasteiger partial charge in [-0.1, -0.05) is 0 Å². The van der Waals surface area contributed by atoms with E-state index in [0.717, 1.165) is 0 Å². The third-order valence-corrected chi connectivity index (χ3v) is 2.59. The highest BCUT2D eigenvalue weighted by molar-refractivity contribution is 5.63. The number of nitrogens with one attached hydrogen (secondary N) is 1. The number of hydrogen-bond acceptors (Lipinski definition) is 6. The molecule has 7 nitrogen and oxygen atoms in total. The standard InChI is InChI=1S/C13H13N3O4/c1-14-11-4-3-9(7-12(11)16(17)18)20-10-5-6-15-13(8-10)19-2/h3-8,14H,1-2H3. The van der Waals surface area contributed by atoms with Gasteiger partial charge in [0.1, 0.15) is 17.2 Å². The molecule has 0 saturated heterocycles. The Hall–Kier alpha value is -2.83. The second-order valence-corrected chi connectivity index (χ2v) is 3.82. The van der Waals surface area contributed by atoms with E-state index in [4.69, 9.17) is 9.47 Å². The lowest BCUT2D eigenvalue weighted by Gasteiger charge is -2.08. The number of nitro groups is 1. The van der Waals surface area contributed by atoms with Gasteiger partial charge in [-0.05, 0) is 18.2 Å². The van der Waals surface area contributed by atoms with Crippen LogP contribution in [-0.4, -0.2) is 24.1 Å². The van der Waals surface area contributed by atoms with E-state index in [2.05, 4.69) is 10.3 Å². The van der Waals surface area contributed by atoms with Gasteiger partial charge >= 0.3 is 0 Å². The van der Waals surface area contributed by atoms with Crippen molar-refractivity contribution in [2.24, 2.45) is 0 Å². The molecule has 104 valence electrons. The zero-order valence-corrected chi connectivity index (χ0v) is 11.0. The van der Waals surface area contributed by atoms with Gasteiger partial charge in [-0.15, -0.1) is 0 Å². The molecule has 2 rings (SSSR count). The molecule has 0 saturated carbocycles. The molecule has 0 aliphatic carbocycles. The molecular formula is C13H13N3O4. The second kappa shape index (κ2) is 5.87. The van der Waals surface area contributed by atoms with Crippen molar-refractivity contribution in [1.29, 1.82) is 0 Å². The highest BCUT2D eigenvalue weighted by Gasteiger charge is 2.14. The number of pyridine rings is 1. The summed E-state index contributed by atoms with van der Waals surface area (Å²) in [5.41, 5.74) is 0.376. The highest BCUT2D eigenvalue weighted by Crippen LogP contribution is 2.31. The molecule has 0 atom stereocenters. The first kappa shape index (κ1) is 13.6. The first-order valence-corrected chi connectivity index (χ1v) is 5.78. The van der Waals surface area contributed by atoms with Crippen molar-refractivity contribution in [1.82, 2.24) is 4.98 Å². The molecular weight excluding hydrogens is 262 g/mol. The number of anilines is 1. The predicted octanol–water partition coefficient (Wildman–Crippen LogP) is 2.83. The van der Waals surface area contributed by atoms with Crippen molar-refractivity contribution >= 4 is 11.4 Å². The van der Waals surface area contributed by atoms with Gasteiger partial charge in [-0.3, -0.25) is 10.1 Å². The van der Waals surface area contributed by atoms with Crippen LogP contribution in [0, 0.1) is 10.1 Å². The summed E-state index contributed by atoms with van der Waals surface area (Å²) in [4.78, 5) is 14.5. The molecule has 0 fully saturated rings. The third-order valence-electron chi connectivity index (χ3n) is 2.59. The Balaban J connectivity index is 2.29. The van der Waals surface area contributed by atoms with Gasteiger partial charge in [-0.25, -0.2) is 4.98 Å². The molecule has 1 aromatic carbocycles. The predicted molar refractivity (Wildman–Crippen MR) is 73.5 cm³/mol. The topological polar surface area (TPSA) is 86.5 Å². The van der Waals surface area contributed by atoms with Crippen LogP contribution >= 0.6 is 0 Å². The van der Waals surface area contributed by atoms with Gasteiger partial charge in [0.05, 0.1) is 18.1 Å². The maximum atomic E-state index is 11.0.